The minimum absolute atomic E-state index is 0.0732. The van der Waals surface area contributed by atoms with Crippen LogP contribution in [0.25, 0.3) is 32.7 Å². The number of benzene rings is 8. The van der Waals surface area contributed by atoms with E-state index in [-0.39, 0.29) is 4.66 Å². The van der Waals surface area contributed by atoms with Crippen molar-refractivity contribution in [2.75, 3.05) is 9.80 Å². The van der Waals surface area contributed by atoms with Gasteiger partial charge in [0, 0.05) is 38.8 Å². The van der Waals surface area contributed by atoms with Crippen LogP contribution < -0.4 is 9.80 Å². The van der Waals surface area contributed by atoms with Gasteiger partial charge in [-0.1, -0.05) is 147 Å². The van der Waals surface area contributed by atoms with E-state index in [9.17, 15) is 0 Å². The lowest BCUT2D eigenvalue weighted by atomic mass is 9.91. The summed E-state index contributed by atoms with van der Waals surface area (Å²) in [5.41, 5.74) is 15.5. The summed E-state index contributed by atoms with van der Waals surface area (Å²) in [6.07, 6.45) is 0. The van der Waals surface area contributed by atoms with Crippen LogP contribution in [0.5, 0.6) is 0 Å². The molecule has 4 heteroatoms. The molecule has 0 N–H and O–H groups in total. The van der Waals surface area contributed by atoms with Crippen LogP contribution >= 0.6 is 0 Å². The van der Waals surface area contributed by atoms with Crippen LogP contribution in [0.2, 0.25) is 39.3 Å². The highest BCUT2D eigenvalue weighted by atomic mass is 28.4. The molecule has 0 radical (unpaired) electrons. The van der Waals surface area contributed by atoms with E-state index in [0.29, 0.717) is 0 Å². The molecule has 0 saturated carbocycles. The third kappa shape index (κ3) is 5.88. The number of hydrogen-bond donors (Lipinski definition) is 0. The van der Waals surface area contributed by atoms with E-state index in [4.69, 9.17) is 0 Å². The largest absolute Gasteiger partial charge is 0.310 e. The average Bonchev–Trinajstić information content (AvgIpc) is 3.53. The molecule has 2 nitrogen and oxygen atoms in total. The van der Waals surface area contributed by atoms with Crippen LogP contribution in [-0.4, -0.2) is 16.1 Å². The van der Waals surface area contributed by atoms with Crippen molar-refractivity contribution >= 4 is 71.8 Å². The van der Waals surface area contributed by atoms with Crippen molar-refractivity contribution in [1.82, 2.24) is 0 Å². The van der Waals surface area contributed by atoms with Gasteiger partial charge in [-0.25, -0.2) is 0 Å². The lowest BCUT2D eigenvalue weighted by Crippen LogP contribution is -2.63. The van der Waals surface area contributed by atoms with E-state index in [0.717, 1.165) is 11.4 Å². The van der Waals surface area contributed by atoms with Gasteiger partial charge in [0.2, 0.25) is 0 Å². The van der Waals surface area contributed by atoms with Gasteiger partial charge in [0.15, 0.2) is 0 Å². The number of para-hydroxylation sites is 2. The number of rotatable bonds is 8. The topological polar surface area (TPSA) is 6.48 Å². The average molecular weight is 773 g/mol. The van der Waals surface area contributed by atoms with Gasteiger partial charge >= 0.3 is 0 Å². The van der Waals surface area contributed by atoms with Crippen molar-refractivity contribution in [2.24, 2.45) is 0 Å². The molecule has 0 aliphatic heterocycles. The Kier molecular flexibility index (Phi) is 8.91. The monoisotopic (exact) mass is 772 g/mol. The van der Waals surface area contributed by atoms with Crippen LogP contribution in [0.4, 0.5) is 34.1 Å². The Balaban J connectivity index is 1.36. The maximum Gasteiger partial charge on any atom is 0.0579 e. The molecule has 8 aromatic rings. The Morgan fingerprint density at radius 2 is 0.789 bits per heavy atom. The molecule has 0 heterocycles. The van der Waals surface area contributed by atoms with E-state index < -0.39 is 16.1 Å². The molecule has 0 bridgehead atoms. The molecular formula is C53H52N2Si2. The van der Waals surface area contributed by atoms with Crippen LogP contribution in [0.1, 0.15) is 22.3 Å². The van der Waals surface area contributed by atoms with Gasteiger partial charge in [-0.15, -0.1) is 0 Å². The molecule has 8 aromatic carbocycles. The molecule has 282 valence electrons. The van der Waals surface area contributed by atoms with Gasteiger partial charge in [0.1, 0.15) is 0 Å². The Morgan fingerprint density at radius 3 is 1.30 bits per heavy atom. The molecule has 0 amide bonds. The zero-order valence-electron chi connectivity index (χ0n) is 34.6. The summed E-state index contributed by atoms with van der Waals surface area (Å²) in [5.74, 6) is 0. The van der Waals surface area contributed by atoms with Crippen LogP contribution in [-0.2, 0) is 4.66 Å². The van der Waals surface area contributed by atoms with Crippen molar-refractivity contribution in [3.05, 3.63) is 192 Å². The Morgan fingerprint density at radius 1 is 0.368 bits per heavy atom. The van der Waals surface area contributed by atoms with Crippen molar-refractivity contribution in [3.63, 3.8) is 0 Å². The second-order valence-corrected chi connectivity index (χ2v) is 29.0. The fraction of sp³-hybridized carbons (Fsp3) is 0.170. The van der Waals surface area contributed by atoms with Crippen molar-refractivity contribution < 1.29 is 0 Å². The number of anilines is 6. The fourth-order valence-corrected chi connectivity index (χ4v) is 23.5. The summed E-state index contributed by atoms with van der Waals surface area (Å²) in [4.78, 5) is 4.86. The fourth-order valence-electron chi connectivity index (χ4n) is 10.4. The summed E-state index contributed by atoms with van der Waals surface area (Å²) in [6, 6.07) is 63.6. The summed E-state index contributed by atoms with van der Waals surface area (Å²) in [6.45, 7) is 20.1. The third-order valence-corrected chi connectivity index (χ3v) is 22.5. The molecule has 0 saturated heterocycles. The minimum Gasteiger partial charge on any atom is -0.310 e. The van der Waals surface area contributed by atoms with Gasteiger partial charge in [-0.3, -0.25) is 0 Å². The first-order valence-corrected chi connectivity index (χ1v) is 27.4. The molecule has 0 unspecified atom stereocenters. The van der Waals surface area contributed by atoms with E-state index in [1.54, 1.807) is 5.56 Å². The summed E-state index contributed by atoms with van der Waals surface area (Å²) < 4.78 is -0.0732. The van der Waals surface area contributed by atoms with Gasteiger partial charge in [0.25, 0.3) is 0 Å². The first kappa shape index (κ1) is 36.9. The zero-order chi connectivity index (χ0) is 39.7. The Bertz CT molecular complexity index is 2750. The summed E-state index contributed by atoms with van der Waals surface area (Å²) >= 11 is 0. The number of nitrogens with zero attached hydrogens (tertiary/aromatic N) is 2. The highest BCUT2D eigenvalue weighted by Gasteiger charge is 2.60. The van der Waals surface area contributed by atoms with E-state index in [1.165, 1.54) is 72.1 Å². The van der Waals surface area contributed by atoms with Crippen molar-refractivity contribution in [2.45, 2.75) is 57.8 Å². The van der Waals surface area contributed by atoms with Gasteiger partial charge in [-0.05, 0) is 130 Å². The standard InChI is InChI=1S/C53H52N2Si2/c1-37-23-27-41(28-24-37)54(39-17-11-9-12-18-39)43-31-33-47-49(35-43)45-21-15-16-22-46(45)51-48-34-32-44(36-50(48)53(52(47)51,56(3,4)5)57(6,7)8)55(40-19-13-10-14-20-40)42-29-25-38(2)26-30-42/h9-36H,1-8H3. The van der Waals surface area contributed by atoms with Crippen LogP contribution in [0.15, 0.2) is 170 Å². The Hall–Kier alpha value is -5.69. The van der Waals surface area contributed by atoms with E-state index >= 15 is 0 Å². The van der Waals surface area contributed by atoms with Gasteiger partial charge in [-0.2, -0.15) is 0 Å². The molecule has 0 fully saturated rings. The SMILES string of the molecule is Cc1ccc(N(c2ccccc2)c2ccc3c(c2)C([Si](C)(C)C)([Si](C)(C)C)c2c-3c3ccccc3c3cc(N(c4ccccc4)c4ccc(C)cc4)ccc23)cc1. The zero-order valence-corrected chi connectivity index (χ0v) is 36.6. The van der Waals surface area contributed by atoms with E-state index in [2.05, 4.69) is 233 Å². The molecule has 9 rings (SSSR count). The predicted molar refractivity (Wildman–Crippen MR) is 253 cm³/mol. The molecule has 1 aliphatic carbocycles. The predicted octanol–water partition coefficient (Wildman–Crippen LogP) is 15.6. The number of fused-ring (bicyclic) bond motifs is 8. The quantitative estimate of drug-likeness (QED) is 0.112. The maximum atomic E-state index is 2.63. The highest BCUT2D eigenvalue weighted by Crippen LogP contribution is 2.62. The van der Waals surface area contributed by atoms with Crippen LogP contribution in [0, 0.1) is 13.8 Å². The molecule has 0 spiro atoms. The van der Waals surface area contributed by atoms with Crippen molar-refractivity contribution in [1.29, 1.82) is 0 Å². The third-order valence-electron chi connectivity index (χ3n) is 12.4. The number of aryl methyl sites for hydroxylation is 2. The van der Waals surface area contributed by atoms with Gasteiger partial charge < -0.3 is 9.80 Å². The second-order valence-electron chi connectivity index (χ2n) is 18.0. The molecule has 0 aromatic heterocycles. The maximum absolute atomic E-state index is 2.63. The highest BCUT2D eigenvalue weighted by molar-refractivity contribution is 7.00. The molecule has 57 heavy (non-hydrogen) atoms. The smallest absolute Gasteiger partial charge is 0.0579 e. The first-order valence-electron chi connectivity index (χ1n) is 20.4. The summed E-state index contributed by atoms with van der Waals surface area (Å²) in [7, 11) is -4.11. The Labute approximate surface area is 341 Å². The first-order chi connectivity index (χ1) is 27.4. The van der Waals surface area contributed by atoms with Gasteiger partial charge in [0.05, 0.1) is 16.1 Å². The lowest BCUT2D eigenvalue weighted by Gasteiger charge is -2.52. The lowest BCUT2D eigenvalue weighted by molar-refractivity contribution is 0.962. The van der Waals surface area contributed by atoms with E-state index in [1.807, 2.05) is 0 Å². The molecule has 1 aliphatic rings. The minimum atomic E-state index is -2.05. The van der Waals surface area contributed by atoms with Crippen LogP contribution in [0.3, 0.4) is 0 Å². The molecule has 0 atom stereocenters. The normalized spacial score (nSPS) is 13.4. The number of hydrogen-bond acceptors (Lipinski definition) is 2. The second kappa shape index (κ2) is 13.8. The summed E-state index contributed by atoms with van der Waals surface area (Å²) in [5, 5.41) is 5.39. The van der Waals surface area contributed by atoms with Crippen molar-refractivity contribution in [3.8, 4) is 11.1 Å². The molecular weight excluding hydrogens is 721 g/mol.